The predicted molar refractivity (Wildman–Crippen MR) is 135 cm³/mol. The molecule has 35 heavy (non-hydrogen) atoms. The van der Waals surface area contributed by atoms with Crippen LogP contribution in [0.1, 0.15) is 26.4 Å². The van der Waals surface area contributed by atoms with E-state index in [1.807, 2.05) is 0 Å². The number of pyridine rings is 2. The number of rotatable bonds is 7. The van der Waals surface area contributed by atoms with Gasteiger partial charge in [0.25, 0.3) is 5.91 Å². The SMILES string of the molecule is NS(=O)(=O)c1ccccc1-c1ccc(C(=O)Cc2ncccc2C(=O)Nc2ccc(Br)cn2)cc1. The number of Topliss-reactive ketones (excluding diaryl/α,β-unsaturated/α-hetero) is 1. The predicted octanol–water partition coefficient (Wildman–Crippen LogP) is 4.23. The smallest absolute Gasteiger partial charge is 0.258 e. The van der Waals surface area contributed by atoms with Crippen molar-refractivity contribution in [2.24, 2.45) is 5.14 Å². The molecule has 0 atom stereocenters. The van der Waals surface area contributed by atoms with Crippen molar-refractivity contribution < 1.29 is 18.0 Å². The molecule has 0 aliphatic carbocycles. The molecule has 2 aromatic carbocycles. The van der Waals surface area contributed by atoms with E-state index in [0.29, 0.717) is 28.2 Å². The molecule has 0 unspecified atom stereocenters. The number of carbonyl (C=O) groups excluding carboxylic acids is 2. The highest BCUT2D eigenvalue weighted by atomic mass is 79.9. The van der Waals surface area contributed by atoms with Crippen molar-refractivity contribution in [1.29, 1.82) is 0 Å². The fourth-order valence-corrected chi connectivity index (χ4v) is 4.46. The Balaban J connectivity index is 1.53. The van der Waals surface area contributed by atoms with Crippen molar-refractivity contribution in [2.75, 3.05) is 5.32 Å². The fourth-order valence-electron chi connectivity index (χ4n) is 3.46. The van der Waals surface area contributed by atoms with Gasteiger partial charge in [-0.1, -0.05) is 42.5 Å². The zero-order valence-corrected chi connectivity index (χ0v) is 20.6. The van der Waals surface area contributed by atoms with Gasteiger partial charge in [0.2, 0.25) is 10.0 Å². The minimum absolute atomic E-state index is 0.00322. The molecule has 10 heteroatoms. The van der Waals surface area contributed by atoms with Gasteiger partial charge >= 0.3 is 0 Å². The van der Waals surface area contributed by atoms with Crippen LogP contribution in [0.4, 0.5) is 5.82 Å². The number of nitrogens with one attached hydrogen (secondary N) is 1. The molecule has 2 aromatic heterocycles. The summed E-state index contributed by atoms with van der Waals surface area (Å²) in [7, 11) is -3.91. The second-order valence-electron chi connectivity index (χ2n) is 7.53. The average molecular weight is 551 g/mol. The van der Waals surface area contributed by atoms with E-state index in [0.717, 1.165) is 4.47 Å². The third-order valence-electron chi connectivity index (χ3n) is 5.14. The molecule has 4 aromatic rings. The molecule has 176 valence electrons. The Morgan fingerprint density at radius 2 is 1.66 bits per heavy atom. The highest BCUT2D eigenvalue weighted by Crippen LogP contribution is 2.27. The Morgan fingerprint density at radius 3 is 2.34 bits per heavy atom. The zero-order chi connectivity index (χ0) is 25.0. The fraction of sp³-hybridized carbons (Fsp3) is 0.0400. The van der Waals surface area contributed by atoms with Gasteiger partial charge in [-0.15, -0.1) is 0 Å². The summed E-state index contributed by atoms with van der Waals surface area (Å²) in [5.41, 5.74) is 2.04. The number of nitrogens with two attached hydrogens (primary N) is 1. The molecule has 0 fully saturated rings. The number of primary sulfonamides is 1. The van der Waals surface area contributed by atoms with Crippen molar-refractivity contribution in [3.63, 3.8) is 0 Å². The van der Waals surface area contributed by atoms with Gasteiger partial charge in [0.05, 0.1) is 22.6 Å². The van der Waals surface area contributed by atoms with Gasteiger partial charge in [-0.25, -0.2) is 18.5 Å². The minimum Gasteiger partial charge on any atom is -0.307 e. The summed E-state index contributed by atoms with van der Waals surface area (Å²) >= 11 is 3.29. The first-order valence-electron chi connectivity index (χ1n) is 10.3. The number of aromatic nitrogens is 2. The number of amides is 1. The van der Waals surface area contributed by atoms with Gasteiger partial charge < -0.3 is 5.32 Å². The van der Waals surface area contributed by atoms with E-state index in [2.05, 4.69) is 31.2 Å². The lowest BCUT2D eigenvalue weighted by Crippen LogP contribution is -2.17. The summed E-state index contributed by atoms with van der Waals surface area (Å²) in [6.45, 7) is 0. The van der Waals surface area contributed by atoms with Crippen molar-refractivity contribution in [2.45, 2.75) is 11.3 Å². The molecule has 0 radical (unpaired) electrons. The second-order valence-corrected chi connectivity index (χ2v) is 9.98. The van der Waals surface area contributed by atoms with Gasteiger partial charge in [-0.05, 0) is 51.8 Å². The van der Waals surface area contributed by atoms with E-state index in [9.17, 15) is 18.0 Å². The van der Waals surface area contributed by atoms with Crippen LogP contribution in [0.5, 0.6) is 0 Å². The maximum atomic E-state index is 13.0. The molecule has 0 aliphatic rings. The highest BCUT2D eigenvalue weighted by Gasteiger charge is 2.18. The van der Waals surface area contributed by atoms with Crippen LogP contribution in [0, 0.1) is 0 Å². The Morgan fingerprint density at radius 1 is 0.914 bits per heavy atom. The second kappa shape index (κ2) is 10.3. The molecule has 0 saturated heterocycles. The van der Waals surface area contributed by atoms with Crippen molar-refractivity contribution in [3.05, 3.63) is 106 Å². The number of hydrogen-bond donors (Lipinski definition) is 2. The standard InChI is InChI=1S/C25H19BrN4O4S/c26-18-11-12-24(29-15-18)30-25(32)20-5-3-13-28-21(20)14-22(31)17-9-7-16(8-10-17)19-4-1-2-6-23(19)35(27,33)34/h1-13,15H,14H2,(H2,27,33,34)(H,29,30,32). The third-order valence-corrected chi connectivity index (χ3v) is 6.58. The molecule has 0 bridgehead atoms. The maximum Gasteiger partial charge on any atom is 0.258 e. The van der Waals surface area contributed by atoms with Crippen LogP contribution >= 0.6 is 15.9 Å². The van der Waals surface area contributed by atoms with E-state index in [1.165, 1.54) is 12.3 Å². The number of nitrogens with zero attached hydrogens (tertiary/aromatic N) is 2. The molecule has 1 amide bonds. The minimum atomic E-state index is -3.91. The van der Waals surface area contributed by atoms with E-state index in [4.69, 9.17) is 5.14 Å². The maximum absolute atomic E-state index is 13.0. The Hall–Kier alpha value is -3.73. The molecule has 0 spiro atoms. The largest absolute Gasteiger partial charge is 0.307 e. The quantitative estimate of drug-likeness (QED) is 0.331. The van der Waals surface area contributed by atoms with Crippen molar-refractivity contribution in [1.82, 2.24) is 9.97 Å². The third kappa shape index (κ3) is 5.86. The normalized spacial score (nSPS) is 11.1. The average Bonchev–Trinajstić information content (AvgIpc) is 2.85. The number of ketones is 1. The molecule has 0 saturated carbocycles. The van der Waals surface area contributed by atoms with Gasteiger partial charge in [-0.2, -0.15) is 0 Å². The Labute approximate surface area is 210 Å². The number of sulfonamides is 1. The van der Waals surface area contributed by atoms with Gasteiger partial charge in [0.15, 0.2) is 5.78 Å². The van der Waals surface area contributed by atoms with Crippen LogP contribution in [-0.4, -0.2) is 30.1 Å². The number of halogens is 1. The lowest BCUT2D eigenvalue weighted by molar-refractivity contribution is 0.0991. The molecular formula is C25H19BrN4O4S. The van der Waals surface area contributed by atoms with E-state index in [1.54, 1.807) is 72.9 Å². The van der Waals surface area contributed by atoms with Crippen LogP contribution in [-0.2, 0) is 16.4 Å². The van der Waals surface area contributed by atoms with Crippen LogP contribution in [0.2, 0.25) is 0 Å². The van der Waals surface area contributed by atoms with Gasteiger partial charge in [-0.3, -0.25) is 14.6 Å². The van der Waals surface area contributed by atoms with Crippen molar-refractivity contribution >= 4 is 43.5 Å². The lowest BCUT2D eigenvalue weighted by Gasteiger charge is -2.10. The highest BCUT2D eigenvalue weighted by molar-refractivity contribution is 9.10. The lowest BCUT2D eigenvalue weighted by atomic mass is 9.99. The molecule has 4 rings (SSSR count). The summed E-state index contributed by atoms with van der Waals surface area (Å²) < 4.78 is 24.6. The number of hydrogen-bond acceptors (Lipinski definition) is 6. The van der Waals surface area contributed by atoms with Gasteiger partial charge in [0, 0.05) is 28.0 Å². The topological polar surface area (TPSA) is 132 Å². The van der Waals surface area contributed by atoms with Crippen LogP contribution < -0.4 is 10.5 Å². The van der Waals surface area contributed by atoms with Crippen molar-refractivity contribution in [3.8, 4) is 11.1 Å². The van der Waals surface area contributed by atoms with Crippen LogP contribution in [0.15, 0.2) is 94.6 Å². The first kappa shape index (κ1) is 24.4. The number of benzene rings is 2. The molecule has 3 N–H and O–H groups in total. The summed E-state index contributed by atoms with van der Waals surface area (Å²) in [6.07, 6.45) is 2.99. The first-order chi connectivity index (χ1) is 16.7. The van der Waals surface area contributed by atoms with E-state index >= 15 is 0 Å². The van der Waals surface area contributed by atoms with Crippen LogP contribution in [0.3, 0.4) is 0 Å². The molecule has 2 heterocycles. The van der Waals surface area contributed by atoms with E-state index < -0.39 is 15.9 Å². The molecule has 0 aliphatic heterocycles. The van der Waals surface area contributed by atoms with Gasteiger partial charge in [0.1, 0.15) is 5.82 Å². The first-order valence-corrected chi connectivity index (χ1v) is 12.7. The Bertz CT molecular complexity index is 1510. The summed E-state index contributed by atoms with van der Waals surface area (Å²) in [6, 6.07) is 19.5. The number of anilines is 1. The Kier molecular flexibility index (Phi) is 7.15. The monoisotopic (exact) mass is 550 g/mol. The molecule has 8 nitrogen and oxygen atoms in total. The summed E-state index contributed by atoms with van der Waals surface area (Å²) in [5.74, 6) is -0.300. The van der Waals surface area contributed by atoms with Crippen LogP contribution in [0.25, 0.3) is 11.1 Å². The summed E-state index contributed by atoms with van der Waals surface area (Å²) in [5, 5.41) is 8.03. The zero-order valence-electron chi connectivity index (χ0n) is 18.2. The molecular weight excluding hydrogens is 532 g/mol. The number of carbonyl (C=O) groups is 2. The van der Waals surface area contributed by atoms with E-state index in [-0.39, 0.29) is 22.7 Å². The summed E-state index contributed by atoms with van der Waals surface area (Å²) in [4.78, 5) is 34.1.